The number of carbonyl (C=O) groups excluding carboxylic acids is 1. The van der Waals surface area contributed by atoms with Gasteiger partial charge in [0.05, 0.1) is 6.61 Å². The highest BCUT2D eigenvalue weighted by Crippen LogP contribution is 2.15. The normalized spacial score (nSPS) is 18.4. The van der Waals surface area contributed by atoms with Crippen molar-refractivity contribution in [2.75, 3.05) is 6.61 Å². The van der Waals surface area contributed by atoms with Gasteiger partial charge in [0.1, 0.15) is 12.2 Å². The van der Waals surface area contributed by atoms with Crippen molar-refractivity contribution in [3.8, 4) is 0 Å². The topological polar surface area (TPSA) is 77.8 Å². The van der Waals surface area contributed by atoms with Crippen molar-refractivity contribution in [3.63, 3.8) is 0 Å². The van der Waals surface area contributed by atoms with E-state index in [1.165, 1.54) is 0 Å². The lowest BCUT2D eigenvalue weighted by Gasteiger charge is -2.21. The maximum Gasteiger partial charge on any atom is 0.193 e. The van der Waals surface area contributed by atoms with Gasteiger partial charge in [-0.25, -0.2) is 0 Å². The summed E-state index contributed by atoms with van der Waals surface area (Å²) in [4.78, 5) is 11.1. The molecule has 0 saturated heterocycles. The third kappa shape index (κ3) is 3.64. The molecule has 0 aromatic rings. The van der Waals surface area contributed by atoms with Crippen LogP contribution in [0.25, 0.3) is 0 Å². The van der Waals surface area contributed by atoms with Crippen LogP contribution >= 0.6 is 12.6 Å². The Kier molecular flexibility index (Phi) is 5.55. The molecule has 0 heterocycles. The molecule has 5 heteroatoms. The van der Waals surface area contributed by atoms with E-state index in [1.807, 2.05) is 0 Å². The van der Waals surface area contributed by atoms with Gasteiger partial charge in [0.2, 0.25) is 0 Å². The number of thiol groups is 1. The second kappa shape index (κ2) is 5.59. The second-order valence-electron chi connectivity index (χ2n) is 3.28. The number of aliphatic hydroxyl groups is 3. The molecule has 3 N–H and O–H groups in total. The molecule has 0 aliphatic rings. The first-order chi connectivity index (χ1) is 5.91. The molecular weight excluding hydrogens is 192 g/mol. The first-order valence-corrected chi connectivity index (χ1v) is 4.62. The number of aliphatic hydroxyl groups excluding tert-OH is 3. The predicted molar refractivity (Wildman–Crippen MR) is 51.7 cm³/mol. The van der Waals surface area contributed by atoms with Gasteiger partial charge in [-0.15, -0.1) is 0 Å². The van der Waals surface area contributed by atoms with Crippen molar-refractivity contribution in [1.29, 1.82) is 0 Å². The van der Waals surface area contributed by atoms with Crippen LogP contribution in [0, 0.1) is 5.92 Å². The van der Waals surface area contributed by atoms with Gasteiger partial charge in [-0.1, -0.05) is 13.8 Å². The third-order valence-electron chi connectivity index (χ3n) is 1.80. The largest absolute Gasteiger partial charge is 0.393 e. The minimum absolute atomic E-state index is 0.0215. The second-order valence-corrected chi connectivity index (χ2v) is 3.88. The summed E-state index contributed by atoms with van der Waals surface area (Å²) < 4.78 is 0. The fourth-order valence-electron chi connectivity index (χ4n) is 0.820. The van der Waals surface area contributed by atoms with Crippen LogP contribution in [0.4, 0.5) is 0 Å². The van der Waals surface area contributed by atoms with Gasteiger partial charge in [-0.3, -0.25) is 4.79 Å². The molecule has 3 atom stereocenters. The van der Waals surface area contributed by atoms with Gasteiger partial charge in [0, 0.05) is 5.25 Å². The average molecular weight is 208 g/mol. The van der Waals surface area contributed by atoms with Gasteiger partial charge in [-0.2, -0.15) is 12.6 Å². The lowest BCUT2D eigenvalue weighted by Crippen LogP contribution is -2.41. The Hall–Kier alpha value is -0.100. The van der Waals surface area contributed by atoms with Gasteiger partial charge in [-0.05, 0) is 5.92 Å². The SMILES string of the molecule is CC(C)C(S)[C@H](O)C(=O)[C@H](O)CO. The van der Waals surface area contributed by atoms with Crippen molar-refractivity contribution in [1.82, 2.24) is 0 Å². The maximum absolute atomic E-state index is 11.1. The number of carbonyl (C=O) groups is 1. The van der Waals surface area contributed by atoms with Crippen molar-refractivity contribution in [2.24, 2.45) is 5.92 Å². The Morgan fingerprint density at radius 3 is 2.15 bits per heavy atom. The monoisotopic (exact) mass is 208 g/mol. The van der Waals surface area contributed by atoms with Crippen molar-refractivity contribution in [3.05, 3.63) is 0 Å². The van der Waals surface area contributed by atoms with Crippen LogP contribution in [0.1, 0.15) is 13.8 Å². The molecule has 0 aromatic heterocycles. The molecule has 0 radical (unpaired) electrons. The molecule has 0 fully saturated rings. The number of rotatable bonds is 5. The molecular formula is C8H16O4S. The number of Topliss-reactive ketones (excluding diaryl/α,β-unsaturated/α-hetero) is 1. The third-order valence-corrected chi connectivity index (χ3v) is 2.68. The van der Waals surface area contributed by atoms with E-state index >= 15 is 0 Å². The summed E-state index contributed by atoms with van der Waals surface area (Å²) in [6.45, 7) is 2.94. The first kappa shape index (κ1) is 12.9. The molecule has 0 spiro atoms. The van der Waals surface area contributed by atoms with E-state index in [0.717, 1.165) is 0 Å². The summed E-state index contributed by atoms with van der Waals surface area (Å²) in [5, 5.41) is 26.2. The standard InChI is InChI=1S/C8H16O4S/c1-4(2)8(13)7(12)6(11)5(10)3-9/h4-5,7-10,12-13H,3H2,1-2H3/t5-,7-,8?/m1/s1. The molecule has 0 rings (SSSR count). The van der Waals surface area contributed by atoms with E-state index in [0.29, 0.717) is 0 Å². The highest BCUT2D eigenvalue weighted by molar-refractivity contribution is 7.81. The molecule has 0 aliphatic carbocycles. The van der Waals surface area contributed by atoms with E-state index in [-0.39, 0.29) is 5.92 Å². The highest BCUT2D eigenvalue weighted by Gasteiger charge is 2.29. The summed E-state index contributed by atoms with van der Waals surface area (Å²) >= 11 is 4.03. The minimum atomic E-state index is -1.51. The Bertz CT molecular complexity index is 172. The number of ketones is 1. The predicted octanol–water partition coefficient (Wildman–Crippen LogP) is -0.776. The van der Waals surface area contributed by atoms with Gasteiger partial charge in [0.15, 0.2) is 5.78 Å². The lowest BCUT2D eigenvalue weighted by molar-refractivity contribution is -0.137. The van der Waals surface area contributed by atoms with E-state index in [1.54, 1.807) is 13.8 Å². The zero-order chi connectivity index (χ0) is 10.6. The van der Waals surface area contributed by atoms with Crippen molar-refractivity contribution < 1.29 is 20.1 Å². The molecule has 0 amide bonds. The molecule has 13 heavy (non-hydrogen) atoms. The summed E-state index contributed by atoms with van der Waals surface area (Å²) in [5.41, 5.74) is 0. The van der Waals surface area contributed by atoms with Crippen molar-refractivity contribution >= 4 is 18.4 Å². The van der Waals surface area contributed by atoms with Crippen LogP contribution in [-0.4, -0.2) is 45.2 Å². The zero-order valence-corrected chi connectivity index (χ0v) is 8.61. The fraction of sp³-hybridized carbons (Fsp3) is 0.875. The number of hydrogen-bond acceptors (Lipinski definition) is 5. The van der Waals surface area contributed by atoms with E-state index < -0.39 is 29.8 Å². The van der Waals surface area contributed by atoms with Crippen LogP contribution in [0.5, 0.6) is 0 Å². The molecule has 78 valence electrons. The fourth-order valence-corrected chi connectivity index (χ4v) is 0.967. The van der Waals surface area contributed by atoms with Gasteiger partial charge < -0.3 is 15.3 Å². The van der Waals surface area contributed by atoms with E-state index in [2.05, 4.69) is 12.6 Å². The van der Waals surface area contributed by atoms with Crippen LogP contribution in [0.3, 0.4) is 0 Å². The first-order valence-electron chi connectivity index (χ1n) is 4.10. The number of hydrogen-bond donors (Lipinski definition) is 4. The smallest absolute Gasteiger partial charge is 0.193 e. The van der Waals surface area contributed by atoms with Crippen LogP contribution in [-0.2, 0) is 4.79 Å². The molecule has 0 aliphatic heterocycles. The average Bonchev–Trinajstić information content (AvgIpc) is 2.12. The minimum Gasteiger partial charge on any atom is -0.393 e. The summed E-state index contributed by atoms with van der Waals surface area (Å²) in [5.74, 6) is -0.760. The Labute approximate surface area is 83.0 Å². The van der Waals surface area contributed by atoms with Crippen molar-refractivity contribution in [2.45, 2.75) is 31.3 Å². The highest BCUT2D eigenvalue weighted by atomic mass is 32.1. The molecule has 0 saturated carbocycles. The molecule has 1 unspecified atom stereocenters. The Morgan fingerprint density at radius 1 is 1.38 bits per heavy atom. The lowest BCUT2D eigenvalue weighted by atomic mass is 9.99. The summed E-state index contributed by atoms with van der Waals surface area (Å²) in [7, 11) is 0. The van der Waals surface area contributed by atoms with Crippen LogP contribution in [0.2, 0.25) is 0 Å². The maximum atomic E-state index is 11.1. The van der Waals surface area contributed by atoms with Gasteiger partial charge in [0.25, 0.3) is 0 Å². The summed E-state index contributed by atoms with van der Waals surface area (Å²) in [6, 6.07) is 0. The Balaban J connectivity index is 4.25. The van der Waals surface area contributed by atoms with Crippen LogP contribution in [0.15, 0.2) is 0 Å². The quantitative estimate of drug-likeness (QED) is 0.447. The molecule has 0 bridgehead atoms. The Morgan fingerprint density at radius 2 is 1.85 bits per heavy atom. The zero-order valence-electron chi connectivity index (χ0n) is 7.71. The van der Waals surface area contributed by atoms with E-state index in [9.17, 15) is 9.90 Å². The molecule has 4 nitrogen and oxygen atoms in total. The molecule has 0 aromatic carbocycles. The van der Waals surface area contributed by atoms with Gasteiger partial charge >= 0.3 is 0 Å². The van der Waals surface area contributed by atoms with Crippen LogP contribution < -0.4 is 0 Å². The summed E-state index contributed by atoms with van der Waals surface area (Å²) in [6.07, 6.45) is -2.84. The van der Waals surface area contributed by atoms with E-state index in [4.69, 9.17) is 10.2 Å².